The molecule has 6 heteroatoms. The van der Waals surface area contributed by atoms with Crippen molar-refractivity contribution in [1.82, 2.24) is 15.1 Å². The molecule has 0 saturated carbocycles. The number of nitrogens with one attached hydrogen (secondary N) is 1. The van der Waals surface area contributed by atoms with Crippen molar-refractivity contribution in [3.05, 3.63) is 29.8 Å². The number of aliphatic imine (C=N–C) groups is 1. The number of aryl methyl sites for hydroxylation is 1. The Morgan fingerprint density at radius 1 is 1.24 bits per heavy atom. The number of rotatable bonds is 8. The Labute approximate surface area is 176 Å². The number of ether oxygens (including phenoxy) is 1. The molecule has 0 amide bonds. The van der Waals surface area contributed by atoms with Gasteiger partial charge in [-0.2, -0.15) is 0 Å². The van der Waals surface area contributed by atoms with Gasteiger partial charge in [-0.1, -0.05) is 12.1 Å². The van der Waals surface area contributed by atoms with E-state index in [9.17, 15) is 0 Å². The van der Waals surface area contributed by atoms with Crippen molar-refractivity contribution in [2.24, 2.45) is 10.9 Å². The SMILES string of the molecule is CN=C(NCCCCN1CCN(c2cccc(C)c2)CC1)N(C)CC1CCOC1. The van der Waals surface area contributed by atoms with Gasteiger partial charge in [0.25, 0.3) is 0 Å². The van der Waals surface area contributed by atoms with Gasteiger partial charge in [0.05, 0.1) is 6.61 Å². The zero-order chi connectivity index (χ0) is 20.5. The molecule has 0 radical (unpaired) electrons. The van der Waals surface area contributed by atoms with E-state index >= 15 is 0 Å². The predicted octanol–water partition coefficient (Wildman–Crippen LogP) is 2.44. The monoisotopic (exact) mass is 401 g/mol. The fourth-order valence-corrected chi connectivity index (χ4v) is 4.30. The van der Waals surface area contributed by atoms with Gasteiger partial charge >= 0.3 is 0 Å². The third-order valence-electron chi connectivity index (χ3n) is 6.05. The first kappa shape index (κ1) is 21.9. The summed E-state index contributed by atoms with van der Waals surface area (Å²) in [4.78, 5) is 11.8. The van der Waals surface area contributed by atoms with Gasteiger partial charge in [0.1, 0.15) is 0 Å². The van der Waals surface area contributed by atoms with Crippen LogP contribution in [0, 0.1) is 12.8 Å². The molecule has 2 aliphatic rings. The molecule has 162 valence electrons. The van der Waals surface area contributed by atoms with Crippen molar-refractivity contribution in [2.45, 2.75) is 26.2 Å². The van der Waals surface area contributed by atoms with Gasteiger partial charge in [-0.05, 0) is 50.4 Å². The Morgan fingerprint density at radius 2 is 2.07 bits per heavy atom. The molecule has 2 aliphatic heterocycles. The molecule has 6 nitrogen and oxygen atoms in total. The Morgan fingerprint density at radius 3 is 2.76 bits per heavy atom. The normalized spacial score (nSPS) is 20.9. The highest BCUT2D eigenvalue weighted by molar-refractivity contribution is 5.79. The molecule has 2 fully saturated rings. The van der Waals surface area contributed by atoms with Gasteiger partial charge < -0.3 is 19.9 Å². The number of nitrogens with zero attached hydrogens (tertiary/aromatic N) is 4. The number of benzene rings is 1. The molecular formula is C23H39N5O. The van der Waals surface area contributed by atoms with Crippen LogP contribution in [0.1, 0.15) is 24.8 Å². The van der Waals surface area contributed by atoms with Crippen molar-refractivity contribution >= 4 is 11.6 Å². The Balaban J connectivity index is 1.28. The lowest BCUT2D eigenvalue weighted by atomic mass is 10.1. The van der Waals surface area contributed by atoms with Crippen LogP contribution in [0.4, 0.5) is 5.69 Å². The van der Waals surface area contributed by atoms with Gasteiger partial charge in [0.2, 0.25) is 0 Å². The number of unbranched alkanes of at least 4 members (excludes halogenated alkanes) is 1. The molecule has 2 heterocycles. The van der Waals surface area contributed by atoms with Crippen LogP contribution in [0.15, 0.2) is 29.3 Å². The molecule has 1 atom stereocenters. The van der Waals surface area contributed by atoms with Crippen LogP contribution in [0.5, 0.6) is 0 Å². The second-order valence-electron chi connectivity index (χ2n) is 8.46. The Kier molecular flexibility index (Phi) is 8.62. The molecular weight excluding hydrogens is 362 g/mol. The van der Waals surface area contributed by atoms with Crippen LogP contribution in [-0.2, 0) is 4.74 Å². The quantitative estimate of drug-likeness (QED) is 0.412. The lowest BCUT2D eigenvalue weighted by Crippen LogP contribution is -2.46. The van der Waals surface area contributed by atoms with Gasteiger partial charge in [-0.3, -0.25) is 9.89 Å². The fraction of sp³-hybridized carbons (Fsp3) is 0.696. The molecule has 0 spiro atoms. The number of hydrogen-bond donors (Lipinski definition) is 1. The van der Waals surface area contributed by atoms with E-state index in [1.807, 2.05) is 7.05 Å². The van der Waals surface area contributed by atoms with Crippen LogP contribution in [0.2, 0.25) is 0 Å². The number of anilines is 1. The first-order chi connectivity index (χ1) is 14.2. The number of hydrogen-bond acceptors (Lipinski definition) is 4. The summed E-state index contributed by atoms with van der Waals surface area (Å²) >= 11 is 0. The molecule has 1 aromatic rings. The van der Waals surface area contributed by atoms with Crippen LogP contribution in [0.3, 0.4) is 0 Å². The third kappa shape index (κ3) is 6.89. The Hall–Kier alpha value is -1.79. The third-order valence-corrected chi connectivity index (χ3v) is 6.05. The predicted molar refractivity (Wildman–Crippen MR) is 122 cm³/mol. The maximum Gasteiger partial charge on any atom is 0.193 e. The average molecular weight is 402 g/mol. The van der Waals surface area contributed by atoms with E-state index in [1.54, 1.807) is 0 Å². The minimum absolute atomic E-state index is 0.636. The summed E-state index contributed by atoms with van der Waals surface area (Å²) in [6, 6.07) is 8.86. The minimum atomic E-state index is 0.636. The van der Waals surface area contributed by atoms with E-state index in [0.29, 0.717) is 5.92 Å². The molecule has 0 aromatic heterocycles. The average Bonchev–Trinajstić information content (AvgIpc) is 3.24. The molecule has 3 rings (SSSR count). The standard InChI is InChI=1S/C23H39N5O/c1-20-7-6-8-22(17-20)28-14-12-27(13-15-28)11-5-4-10-25-23(24-2)26(3)18-21-9-16-29-19-21/h6-8,17,21H,4-5,9-16,18-19H2,1-3H3,(H,24,25). The molecule has 2 saturated heterocycles. The maximum absolute atomic E-state index is 5.48. The number of piperazine rings is 1. The van der Waals surface area contributed by atoms with Crippen LogP contribution in [0.25, 0.3) is 0 Å². The summed E-state index contributed by atoms with van der Waals surface area (Å²) in [6.45, 7) is 11.7. The zero-order valence-corrected chi connectivity index (χ0v) is 18.6. The maximum atomic E-state index is 5.48. The lowest BCUT2D eigenvalue weighted by Gasteiger charge is -2.36. The van der Waals surface area contributed by atoms with Crippen LogP contribution in [-0.4, -0.2) is 88.9 Å². The minimum Gasteiger partial charge on any atom is -0.381 e. The zero-order valence-electron chi connectivity index (χ0n) is 18.6. The van der Waals surface area contributed by atoms with E-state index in [-0.39, 0.29) is 0 Å². The molecule has 1 unspecified atom stereocenters. The van der Waals surface area contributed by atoms with Gasteiger partial charge in [0.15, 0.2) is 5.96 Å². The highest BCUT2D eigenvalue weighted by Gasteiger charge is 2.19. The van der Waals surface area contributed by atoms with Crippen molar-refractivity contribution in [2.75, 3.05) is 78.0 Å². The van der Waals surface area contributed by atoms with Crippen LogP contribution >= 0.6 is 0 Å². The fourth-order valence-electron chi connectivity index (χ4n) is 4.30. The van der Waals surface area contributed by atoms with Crippen molar-refractivity contribution in [3.63, 3.8) is 0 Å². The summed E-state index contributed by atoms with van der Waals surface area (Å²) < 4.78 is 5.48. The second kappa shape index (κ2) is 11.4. The highest BCUT2D eigenvalue weighted by Crippen LogP contribution is 2.18. The van der Waals surface area contributed by atoms with E-state index in [0.717, 1.165) is 58.4 Å². The number of guanidine groups is 1. The largest absolute Gasteiger partial charge is 0.381 e. The first-order valence-electron chi connectivity index (χ1n) is 11.2. The highest BCUT2D eigenvalue weighted by atomic mass is 16.5. The molecule has 1 aromatic carbocycles. The van der Waals surface area contributed by atoms with E-state index in [2.05, 4.69) is 63.2 Å². The first-order valence-corrected chi connectivity index (χ1v) is 11.2. The molecule has 0 bridgehead atoms. The lowest BCUT2D eigenvalue weighted by molar-refractivity contribution is 0.181. The summed E-state index contributed by atoms with van der Waals surface area (Å²) in [7, 11) is 4.00. The summed E-state index contributed by atoms with van der Waals surface area (Å²) in [5, 5.41) is 3.52. The smallest absolute Gasteiger partial charge is 0.193 e. The van der Waals surface area contributed by atoms with E-state index in [1.165, 1.54) is 37.1 Å². The molecule has 1 N–H and O–H groups in total. The molecule has 0 aliphatic carbocycles. The van der Waals surface area contributed by atoms with Crippen molar-refractivity contribution in [1.29, 1.82) is 0 Å². The summed E-state index contributed by atoms with van der Waals surface area (Å²) in [5.41, 5.74) is 2.71. The topological polar surface area (TPSA) is 43.3 Å². The van der Waals surface area contributed by atoms with Gasteiger partial charge in [-0.25, -0.2) is 0 Å². The Bertz CT molecular complexity index is 636. The van der Waals surface area contributed by atoms with Gasteiger partial charge in [0, 0.05) is 71.6 Å². The summed E-state index contributed by atoms with van der Waals surface area (Å²) in [6.07, 6.45) is 3.57. The van der Waals surface area contributed by atoms with Crippen molar-refractivity contribution < 1.29 is 4.74 Å². The van der Waals surface area contributed by atoms with Crippen molar-refractivity contribution in [3.8, 4) is 0 Å². The van der Waals surface area contributed by atoms with E-state index in [4.69, 9.17) is 4.74 Å². The summed E-state index contributed by atoms with van der Waals surface area (Å²) in [5.74, 6) is 1.64. The molecule has 29 heavy (non-hydrogen) atoms. The van der Waals surface area contributed by atoms with Crippen LogP contribution < -0.4 is 10.2 Å². The van der Waals surface area contributed by atoms with E-state index < -0.39 is 0 Å². The second-order valence-corrected chi connectivity index (χ2v) is 8.46. The van der Waals surface area contributed by atoms with Gasteiger partial charge in [-0.15, -0.1) is 0 Å².